The van der Waals surface area contributed by atoms with E-state index in [4.69, 9.17) is 19.7 Å². The molecule has 0 spiro atoms. The van der Waals surface area contributed by atoms with Crippen LogP contribution in [0.25, 0.3) is 0 Å². The summed E-state index contributed by atoms with van der Waals surface area (Å²) in [6.45, 7) is 1.93. The summed E-state index contributed by atoms with van der Waals surface area (Å²) in [6, 6.07) is 0. The molecule has 1 rings (SSSR count). The van der Waals surface area contributed by atoms with Crippen molar-refractivity contribution < 1.29 is 34.7 Å². The van der Waals surface area contributed by atoms with Gasteiger partial charge in [0.05, 0.1) is 37.6 Å². The molecule has 174 valence electrons. The molecule has 0 aromatic rings. The van der Waals surface area contributed by atoms with Crippen LogP contribution in [-0.4, -0.2) is 77.6 Å². The highest BCUT2D eigenvalue weighted by Crippen LogP contribution is 2.30. The van der Waals surface area contributed by atoms with Crippen molar-refractivity contribution in [3.05, 3.63) is 0 Å². The van der Waals surface area contributed by atoms with Gasteiger partial charge in [0.1, 0.15) is 12.4 Å². The Morgan fingerprint density at radius 1 is 1.10 bits per heavy atom. The second kappa shape index (κ2) is 19.4. The first-order valence-corrected chi connectivity index (χ1v) is 11.2. The third-order valence-electron chi connectivity index (χ3n) is 5.28. The predicted octanol–water partition coefficient (Wildman–Crippen LogP) is 2.36. The van der Waals surface area contributed by atoms with Crippen molar-refractivity contribution in [2.45, 2.75) is 114 Å². The number of aliphatic hydroxyl groups excluding tert-OH is 4. The van der Waals surface area contributed by atoms with Gasteiger partial charge in [-0.1, -0.05) is 51.9 Å². The number of carbonyl (C=O) groups excluding carboxylic acids is 1. The lowest BCUT2D eigenvalue weighted by molar-refractivity contribution is -0.107. The van der Waals surface area contributed by atoms with Gasteiger partial charge in [-0.3, -0.25) is 0 Å². The second-order valence-electron chi connectivity index (χ2n) is 7.73. The average molecular weight is 421 g/mol. The van der Waals surface area contributed by atoms with Gasteiger partial charge in [-0.15, -0.1) is 0 Å². The lowest BCUT2D eigenvalue weighted by Gasteiger charge is -2.25. The molecule has 1 aliphatic rings. The van der Waals surface area contributed by atoms with Crippen LogP contribution in [-0.2, 0) is 14.3 Å². The van der Waals surface area contributed by atoms with Crippen molar-refractivity contribution in [3.63, 3.8) is 0 Å². The van der Waals surface area contributed by atoms with Gasteiger partial charge in [0.2, 0.25) is 0 Å². The maximum atomic E-state index is 10.4. The summed E-state index contributed by atoms with van der Waals surface area (Å²) < 4.78 is 11.9. The van der Waals surface area contributed by atoms with E-state index in [1.54, 1.807) is 0 Å². The van der Waals surface area contributed by atoms with E-state index >= 15 is 0 Å². The number of hydrogen-bond donors (Lipinski definition) is 4. The van der Waals surface area contributed by atoms with Crippen LogP contribution in [0.1, 0.15) is 84.0 Å². The molecule has 7 heteroatoms. The SMILES string of the molecule is CCCCCC(OCC(O)CO)C1CC(O)C(CCCCCCCC=O)O1.CO. The molecule has 7 nitrogen and oxygen atoms in total. The number of hydrogen-bond acceptors (Lipinski definition) is 7. The lowest BCUT2D eigenvalue weighted by atomic mass is 10.0. The quantitative estimate of drug-likeness (QED) is 0.211. The first-order chi connectivity index (χ1) is 14.1. The number of ether oxygens (including phenoxy) is 2. The minimum Gasteiger partial charge on any atom is -0.400 e. The Kier molecular flexibility index (Phi) is 19.0. The predicted molar refractivity (Wildman–Crippen MR) is 113 cm³/mol. The zero-order valence-electron chi connectivity index (χ0n) is 18.4. The summed E-state index contributed by atoms with van der Waals surface area (Å²) in [5, 5.41) is 35.9. The van der Waals surface area contributed by atoms with Crippen LogP contribution < -0.4 is 0 Å². The normalized spacial score (nSPS) is 23.3. The molecule has 1 fully saturated rings. The highest BCUT2D eigenvalue weighted by atomic mass is 16.6. The molecule has 0 radical (unpaired) electrons. The molecule has 5 unspecified atom stereocenters. The average Bonchev–Trinajstić information content (AvgIpc) is 3.11. The number of unbranched alkanes of at least 4 members (excludes halogenated alkanes) is 7. The van der Waals surface area contributed by atoms with Crippen molar-refractivity contribution in [2.75, 3.05) is 20.3 Å². The van der Waals surface area contributed by atoms with Crippen LogP contribution in [0.4, 0.5) is 0 Å². The van der Waals surface area contributed by atoms with Crippen molar-refractivity contribution in [3.8, 4) is 0 Å². The molecular formula is C22H44O7. The Bertz CT molecular complexity index is 367. The first kappa shape index (κ1) is 28.4. The topological polar surface area (TPSA) is 116 Å². The van der Waals surface area contributed by atoms with Gasteiger partial charge >= 0.3 is 0 Å². The minimum absolute atomic E-state index is 0.0920. The van der Waals surface area contributed by atoms with E-state index in [-0.39, 0.29) is 31.5 Å². The summed E-state index contributed by atoms with van der Waals surface area (Å²) in [5.74, 6) is 0. The van der Waals surface area contributed by atoms with Crippen LogP contribution in [0.5, 0.6) is 0 Å². The van der Waals surface area contributed by atoms with E-state index in [1.165, 1.54) is 0 Å². The standard InChI is InChI=1S/C21H40O6.CH4O/c1-2-3-8-12-20(26-16-17(24)15-23)21-14-18(25)19(27-21)11-9-6-4-5-7-10-13-22;1-2/h13,17-21,23-25H,2-12,14-16H2,1H3;2H,1H3. The van der Waals surface area contributed by atoms with E-state index in [2.05, 4.69) is 6.92 Å². The highest BCUT2D eigenvalue weighted by Gasteiger charge is 2.38. The Balaban J connectivity index is 0.00000379. The summed E-state index contributed by atoms with van der Waals surface area (Å²) in [5.41, 5.74) is 0. The summed E-state index contributed by atoms with van der Waals surface area (Å²) in [4.78, 5) is 10.3. The number of aldehydes is 1. The van der Waals surface area contributed by atoms with Gasteiger partial charge in [-0.2, -0.15) is 0 Å². The Morgan fingerprint density at radius 2 is 1.79 bits per heavy atom. The molecule has 5 atom stereocenters. The largest absolute Gasteiger partial charge is 0.400 e. The van der Waals surface area contributed by atoms with Gasteiger partial charge in [-0.25, -0.2) is 0 Å². The van der Waals surface area contributed by atoms with E-state index in [0.29, 0.717) is 12.8 Å². The van der Waals surface area contributed by atoms with E-state index < -0.39 is 12.2 Å². The molecule has 1 aliphatic heterocycles. The van der Waals surface area contributed by atoms with Crippen LogP contribution in [0.15, 0.2) is 0 Å². The molecule has 0 aromatic heterocycles. The Labute approximate surface area is 176 Å². The maximum absolute atomic E-state index is 10.4. The van der Waals surface area contributed by atoms with Crippen LogP contribution in [0.3, 0.4) is 0 Å². The fraction of sp³-hybridized carbons (Fsp3) is 0.955. The Morgan fingerprint density at radius 3 is 2.45 bits per heavy atom. The van der Waals surface area contributed by atoms with Gasteiger partial charge in [0, 0.05) is 20.0 Å². The van der Waals surface area contributed by atoms with Crippen molar-refractivity contribution >= 4 is 6.29 Å². The number of aliphatic hydroxyl groups is 4. The monoisotopic (exact) mass is 420 g/mol. The summed E-state index contributed by atoms with van der Waals surface area (Å²) in [7, 11) is 1.00. The molecule has 0 saturated carbocycles. The third kappa shape index (κ3) is 13.4. The minimum atomic E-state index is -0.875. The third-order valence-corrected chi connectivity index (χ3v) is 5.28. The van der Waals surface area contributed by atoms with Crippen molar-refractivity contribution in [1.82, 2.24) is 0 Å². The molecule has 0 amide bonds. The van der Waals surface area contributed by atoms with E-state index in [1.807, 2.05) is 0 Å². The van der Waals surface area contributed by atoms with Crippen LogP contribution >= 0.6 is 0 Å². The molecule has 1 saturated heterocycles. The van der Waals surface area contributed by atoms with E-state index in [9.17, 15) is 15.0 Å². The maximum Gasteiger partial charge on any atom is 0.119 e. The van der Waals surface area contributed by atoms with Gasteiger partial charge in [0.15, 0.2) is 0 Å². The zero-order valence-corrected chi connectivity index (χ0v) is 18.4. The molecule has 29 heavy (non-hydrogen) atoms. The van der Waals surface area contributed by atoms with Gasteiger partial charge in [-0.05, 0) is 19.3 Å². The zero-order chi connectivity index (χ0) is 21.9. The fourth-order valence-corrected chi connectivity index (χ4v) is 3.62. The fourth-order valence-electron chi connectivity index (χ4n) is 3.62. The Hall–Kier alpha value is -0.570. The summed E-state index contributed by atoms with van der Waals surface area (Å²) >= 11 is 0. The van der Waals surface area contributed by atoms with E-state index in [0.717, 1.165) is 77.6 Å². The highest BCUT2D eigenvalue weighted by molar-refractivity contribution is 5.48. The van der Waals surface area contributed by atoms with Crippen molar-refractivity contribution in [2.24, 2.45) is 0 Å². The lowest BCUT2D eigenvalue weighted by Crippen LogP contribution is -2.33. The summed E-state index contributed by atoms with van der Waals surface area (Å²) in [6.07, 6.45) is 10.6. The molecular weight excluding hydrogens is 376 g/mol. The number of carbonyl (C=O) groups is 1. The van der Waals surface area contributed by atoms with Crippen molar-refractivity contribution in [1.29, 1.82) is 0 Å². The molecule has 0 bridgehead atoms. The van der Waals surface area contributed by atoms with Crippen LogP contribution in [0.2, 0.25) is 0 Å². The molecule has 0 aliphatic carbocycles. The molecule has 0 aromatic carbocycles. The number of rotatable bonds is 17. The molecule has 4 N–H and O–H groups in total. The second-order valence-corrected chi connectivity index (χ2v) is 7.73. The van der Waals surface area contributed by atoms with Crippen LogP contribution in [0, 0.1) is 0 Å². The van der Waals surface area contributed by atoms with Gasteiger partial charge < -0.3 is 34.7 Å². The smallest absolute Gasteiger partial charge is 0.119 e. The molecule has 1 heterocycles. The first-order valence-electron chi connectivity index (χ1n) is 11.2. The van der Waals surface area contributed by atoms with Gasteiger partial charge in [0.25, 0.3) is 0 Å².